The smallest absolute Gasteiger partial charge is 0.339 e. The first-order valence-corrected chi connectivity index (χ1v) is 15.3. The highest BCUT2D eigenvalue weighted by Gasteiger charge is 2.53. The van der Waals surface area contributed by atoms with E-state index in [0.717, 1.165) is 22.0 Å². The first-order valence-electron chi connectivity index (χ1n) is 13.5. The number of carbonyl (C=O) groups excluding carboxylic acids is 4. The van der Waals surface area contributed by atoms with E-state index in [1.54, 1.807) is 24.3 Å². The summed E-state index contributed by atoms with van der Waals surface area (Å²) in [4.78, 5) is 54.0. The van der Waals surface area contributed by atoms with Gasteiger partial charge in [-0.2, -0.15) is 13.4 Å². The molecule has 0 unspecified atom stereocenters. The van der Waals surface area contributed by atoms with Crippen LogP contribution >= 0.6 is 11.6 Å². The summed E-state index contributed by atoms with van der Waals surface area (Å²) in [6, 6.07) is 17.7. The summed E-state index contributed by atoms with van der Waals surface area (Å²) in [6.45, 7) is 3.24. The zero-order valence-corrected chi connectivity index (χ0v) is 24.6. The van der Waals surface area contributed by atoms with Crippen LogP contribution in [0.25, 0.3) is 0 Å². The quantitative estimate of drug-likeness (QED) is 0.199. The number of hydrazine groups is 1. The van der Waals surface area contributed by atoms with Gasteiger partial charge in [-0.3, -0.25) is 19.2 Å². The third-order valence-corrected chi connectivity index (χ3v) is 9.32. The molecule has 0 spiro atoms. The third-order valence-electron chi connectivity index (χ3n) is 7.73. The summed E-state index contributed by atoms with van der Waals surface area (Å²) in [5, 5.41) is 1.81. The number of carbonyl (C=O) groups is 4. The van der Waals surface area contributed by atoms with E-state index in [-0.39, 0.29) is 32.7 Å². The van der Waals surface area contributed by atoms with Crippen molar-refractivity contribution in [1.82, 2.24) is 10.0 Å². The minimum absolute atomic E-state index is 0.0146. The lowest BCUT2D eigenvalue weighted by Gasteiger charge is -2.30. The number of nitrogens with zero attached hydrogens (tertiary/aromatic N) is 2. The van der Waals surface area contributed by atoms with Crippen molar-refractivity contribution in [3.8, 4) is 5.75 Å². The van der Waals surface area contributed by atoms with Crippen molar-refractivity contribution in [3.05, 3.63) is 94.5 Å². The predicted octanol–water partition coefficient (Wildman–Crippen LogP) is 5.08. The van der Waals surface area contributed by atoms with Crippen LogP contribution in [0.5, 0.6) is 5.75 Å². The van der Waals surface area contributed by atoms with E-state index in [4.69, 9.17) is 15.8 Å². The van der Waals surface area contributed by atoms with Crippen LogP contribution in [0.2, 0.25) is 5.02 Å². The maximum absolute atomic E-state index is 13.7. The van der Waals surface area contributed by atoms with E-state index in [0.29, 0.717) is 12.8 Å². The Morgan fingerprint density at radius 1 is 0.929 bits per heavy atom. The number of hydrogen-bond donors (Lipinski definition) is 0. The number of Topliss-reactive ketones (excluding diaryl/α,β-unsaturated/α-hetero) is 1. The zero-order chi connectivity index (χ0) is 30.2. The molecule has 42 heavy (non-hydrogen) atoms. The summed E-state index contributed by atoms with van der Waals surface area (Å²) in [5.41, 5.74) is 1.06. The minimum atomic E-state index is -4.10. The van der Waals surface area contributed by atoms with E-state index >= 15 is 0 Å². The molecule has 3 amide bonds. The number of imide groups is 1. The van der Waals surface area contributed by atoms with Crippen LogP contribution < -0.4 is 4.18 Å². The molecule has 1 aliphatic heterocycles. The van der Waals surface area contributed by atoms with Crippen molar-refractivity contribution in [2.75, 3.05) is 6.54 Å². The predicted molar refractivity (Wildman–Crippen MR) is 154 cm³/mol. The van der Waals surface area contributed by atoms with Gasteiger partial charge in [0.25, 0.3) is 17.7 Å². The number of fused-ring (bicyclic) bond motifs is 1. The molecule has 218 valence electrons. The van der Waals surface area contributed by atoms with Gasteiger partial charge in [0.05, 0.1) is 22.4 Å². The van der Waals surface area contributed by atoms with E-state index in [2.05, 4.69) is 0 Å². The van der Waals surface area contributed by atoms with Crippen LogP contribution in [0.1, 0.15) is 52.5 Å². The van der Waals surface area contributed by atoms with Crippen LogP contribution in [0.3, 0.4) is 0 Å². The molecular weight excluding hydrogens is 580 g/mol. The van der Waals surface area contributed by atoms with Gasteiger partial charge in [-0.25, -0.2) is 5.01 Å². The maximum atomic E-state index is 13.7. The molecule has 9 nitrogen and oxygen atoms in total. The summed E-state index contributed by atoms with van der Waals surface area (Å²) >= 11 is 6.28. The molecule has 1 heterocycles. The lowest BCUT2D eigenvalue weighted by atomic mass is 9.76. The molecule has 3 aromatic rings. The summed E-state index contributed by atoms with van der Waals surface area (Å²) in [6.07, 6.45) is 1.85. The van der Waals surface area contributed by atoms with Crippen molar-refractivity contribution in [2.45, 2.75) is 38.0 Å². The van der Waals surface area contributed by atoms with Crippen molar-refractivity contribution in [2.24, 2.45) is 17.8 Å². The second-order valence-electron chi connectivity index (χ2n) is 10.8. The Morgan fingerprint density at radius 2 is 1.57 bits per heavy atom. The van der Waals surface area contributed by atoms with Crippen molar-refractivity contribution < 1.29 is 31.8 Å². The molecule has 2 fully saturated rings. The van der Waals surface area contributed by atoms with Gasteiger partial charge < -0.3 is 4.18 Å². The average Bonchev–Trinajstić information content (AvgIpc) is 3.20. The van der Waals surface area contributed by atoms with E-state index in [1.807, 2.05) is 13.8 Å². The molecule has 0 N–H and O–H groups in total. The molecule has 3 aromatic carbocycles. The fourth-order valence-corrected chi connectivity index (χ4v) is 6.57. The van der Waals surface area contributed by atoms with Crippen LogP contribution in [0.15, 0.2) is 77.7 Å². The Kier molecular flexibility index (Phi) is 8.21. The average molecular weight is 609 g/mol. The number of aryl methyl sites for hydroxylation is 1. The van der Waals surface area contributed by atoms with Gasteiger partial charge in [0.1, 0.15) is 17.2 Å². The number of hydrogen-bond acceptors (Lipinski definition) is 7. The normalized spacial score (nSPS) is 20.3. The highest BCUT2D eigenvalue weighted by atomic mass is 35.5. The molecule has 0 radical (unpaired) electrons. The van der Waals surface area contributed by atoms with Crippen LogP contribution in [0, 0.1) is 24.7 Å². The van der Waals surface area contributed by atoms with Crippen molar-refractivity contribution >= 4 is 45.2 Å². The molecular formula is C31H29ClN2O7S. The Morgan fingerprint density at radius 3 is 2.24 bits per heavy atom. The second-order valence-corrected chi connectivity index (χ2v) is 12.7. The molecule has 1 saturated heterocycles. The van der Waals surface area contributed by atoms with E-state index in [1.165, 1.54) is 48.5 Å². The lowest BCUT2D eigenvalue weighted by molar-refractivity contribution is -0.154. The number of halogens is 1. The van der Waals surface area contributed by atoms with Crippen LogP contribution in [0.4, 0.5) is 0 Å². The summed E-state index contributed by atoms with van der Waals surface area (Å²) in [5.74, 6) is -3.20. The number of benzene rings is 3. The standard InChI is InChI=1S/C31H29ClN2O7S/c1-19-7-14-23(15-8-19)42(39,40)41-22-12-10-21(11-13-22)28(35)18-33(29(36)25-5-3-4-6-27(25)32)34-30(37)24-16-9-20(2)17-26(24)31(34)38/h3-8,10-15,20,24,26H,9,16-18H2,1-2H3/t20-,24+,26-/m0/s1. The monoisotopic (exact) mass is 608 g/mol. The topological polar surface area (TPSA) is 118 Å². The molecule has 0 aromatic heterocycles. The fraction of sp³-hybridized carbons (Fsp3) is 0.290. The third kappa shape index (κ3) is 5.82. The first kappa shape index (κ1) is 29.5. The summed E-state index contributed by atoms with van der Waals surface area (Å²) < 4.78 is 30.5. The molecule has 1 aliphatic carbocycles. The molecule has 2 aliphatic rings. The van der Waals surface area contributed by atoms with Gasteiger partial charge in [-0.15, -0.1) is 0 Å². The maximum Gasteiger partial charge on any atom is 0.339 e. The Hall–Kier alpha value is -4.02. The molecule has 11 heteroatoms. The van der Waals surface area contributed by atoms with Crippen molar-refractivity contribution in [1.29, 1.82) is 0 Å². The summed E-state index contributed by atoms with van der Waals surface area (Å²) in [7, 11) is -4.10. The van der Waals surface area contributed by atoms with Gasteiger partial charge >= 0.3 is 10.1 Å². The largest absolute Gasteiger partial charge is 0.379 e. The Labute approximate surface area is 249 Å². The molecule has 3 atom stereocenters. The van der Waals surface area contributed by atoms with Gasteiger partial charge in [0.2, 0.25) is 0 Å². The van der Waals surface area contributed by atoms with Gasteiger partial charge in [0.15, 0.2) is 5.78 Å². The van der Waals surface area contributed by atoms with Crippen molar-refractivity contribution in [3.63, 3.8) is 0 Å². The zero-order valence-electron chi connectivity index (χ0n) is 23.0. The highest BCUT2D eigenvalue weighted by molar-refractivity contribution is 7.87. The Balaban J connectivity index is 1.39. The lowest BCUT2D eigenvalue weighted by Crippen LogP contribution is -2.52. The van der Waals surface area contributed by atoms with Gasteiger partial charge in [-0.1, -0.05) is 48.4 Å². The molecule has 5 rings (SSSR count). The van der Waals surface area contributed by atoms with E-state index < -0.39 is 52.0 Å². The Bertz CT molecular complexity index is 1660. The SMILES string of the molecule is Cc1ccc(S(=O)(=O)Oc2ccc(C(=O)CN(C(=O)c3ccccc3Cl)N3C(=O)[C@H]4C[C@@H](C)CC[C@H]4C3=O)cc2)cc1. The number of amides is 3. The first-order chi connectivity index (χ1) is 20.0. The van der Waals surface area contributed by atoms with Gasteiger partial charge in [-0.05, 0) is 80.6 Å². The number of rotatable bonds is 8. The van der Waals surface area contributed by atoms with Crippen LogP contribution in [-0.2, 0) is 19.7 Å². The fourth-order valence-electron chi connectivity index (χ4n) is 5.42. The highest BCUT2D eigenvalue weighted by Crippen LogP contribution is 2.41. The number of ketones is 1. The van der Waals surface area contributed by atoms with Gasteiger partial charge in [0, 0.05) is 5.56 Å². The molecule has 1 saturated carbocycles. The minimum Gasteiger partial charge on any atom is -0.379 e. The molecule has 0 bridgehead atoms. The van der Waals surface area contributed by atoms with Crippen LogP contribution in [-0.4, -0.2) is 48.5 Å². The van der Waals surface area contributed by atoms with E-state index in [9.17, 15) is 27.6 Å². The second kappa shape index (κ2) is 11.7.